The molecule has 0 bridgehead atoms. The van der Waals surface area contributed by atoms with Gasteiger partial charge in [0.2, 0.25) is 0 Å². The highest BCUT2D eigenvalue weighted by molar-refractivity contribution is 6.31. The first kappa shape index (κ1) is 10.2. The SMILES string of the molecule is Cn1cc(C(N)c2c(Cl)cnn2C)cn1. The topological polar surface area (TPSA) is 61.7 Å². The summed E-state index contributed by atoms with van der Waals surface area (Å²) in [5, 5.41) is 8.70. The van der Waals surface area contributed by atoms with Crippen LogP contribution in [0.25, 0.3) is 0 Å². The largest absolute Gasteiger partial charge is 0.319 e. The first-order chi connectivity index (χ1) is 7.09. The lowest BCUT2D eigenvalue weighted by Gasteiger charge is -2.10. The number of nitrogens with two attached hydrogens (primary N) is 1. The van der Waals surface area contributed by atoms with E-state index in [4.69, 9.17) is 17.3 Å². The van der Waals surface area contributed by atoms with Gasteiger partial charge in [0.25, 0.3) is 0 Å². The minimum absolute atomic E-state index is 0.293. The van der Waals surface area contributed by atoms with Gasteiger partial charge in [0, 0.05) is 25.9 Å². The molecule has 0 saturated heterocycles. The van der Waals surface area contributed by atoms with E-state index in [-0.39, 0.29) is 6.04 Å². The maximum atomic E-state index is 6.08. The summed E-state index contributed by atoms with van der Waals surface area (Å²) < 4.78 is 3.39. The van der Waals surface area contributed by atoms with Gasteiger partial charge >= 0.3 is 0 Å². The van der Waals surface area contributed by atoms with Crippen LogP contribution in [0.1, 0.15) is 17.3 Å². The van der Waals surface area contributed by atoms with Gasteiger partial charge in [0.1, 0.15) is 0 Å². The molecule has 80 valence electrons. The van der Waals surface area contributed by atoms with Gasteiger partial charge in [-0.2, -0.15) is 10.2 Å². The highest BCUT2D eigenvalue weighted by atomic mass is 35.5. The van der Waals surface area contributed by atoms with Crippen molar-refractivity contribution in [2.75, 3.05) is 0 Å². The zero-order valence-corrected chi connectivity index (χ0v) is 9.31. The highest BCUT2D eigenvalue weighted by Crippen LogP contribution is 2.25. The lowest BCUT2D eigenvalue weighted by Crippen LogP contribution is -2.15. The lowest BCUT2D eigenvalue weighted by molar-refractivity contribution is 0.672. The van der Waals surface area contributed by atoms with E-state index in [1.807, 2.05) is 20.3 Å². The van der Waals surface area contributed by atoms with Crippen molar-refractivity contribution < 1.29 is 0 Å². The van der Waals surface area contributed by atoms with Crippen molar-refractivity contribution in [3.8, 4) is 0 Å². The Morgan fingerprint density at radius 3 is 2.53 bits per heavy atom. The van der Waals surface area contributed by atoms with Gasteiger partial charge in [0.15, 0.2) is 0 Å². The van der Waals surface area contributed by atoms with Crippen LogP contribution < -0.4 is 5.73 Å². The molecule has 0 spiro atoms. The quantitative estimate of drug-likeness (QED) is 0.825. The van der Waals surface area contributed by atoms with Crippen LogP contribution in [0.3, 0.4) is 0 Å². The summed E-state index contributed by atoms with van der Waals surface area (Å²) in [7, 11) is 3.67. The van der Waals surface area contributed by atoms with Gasteiger partial charge in [0.05, 0.1) is 29.2 Å². The Morgan fingerprint density at radius 1 is 1.33 bits per heavy atom. The molecule has 2 rings (SSSR count). The lowest BCUT2D eigenvalue weighted by atomic mass is 10.1. The molecule has 2 aromatic rings. The van der Waals surface area contributed by atoms with E-state index in [9.17, 15) is 0 Å². The van der Waals surface area contributed by atoms with Crippen molar-refractivity contribution in [1.82, 2.24) is 19.6 Å². The van der Waals surface area contributed by atoms with E-state index in [0.29, 0.717) is 5.02 Å². The monoisotopic (exact) mass is 225 g/mol. The van der Waals surface area contributed by atoms with E-state index in [0.717, 1.165) is 11.3 Å². The van der Waals surface area contributed by atoms with Crippen molar-refractivity contribution in [2.45, 2.75) is 6.04 Å². The molecular formula is C9H12ClN5. The van der Waals surface area contributed by atoms with Gasteiger partial charge in [-0.15, -0.1) is 0 Å². The molecule has 1 atom stereocenters. The molecule has 0 aliphatic carbocycles. The van der Waals surface area contributed by atoms with Crippen molar-refractivity contribution >= 4 is 11.6 Å². The maximum absolute atomic E-state index is 6.08. The van der Waals surface area contributed by atoms with Crippen LogP contribution >= 0.6 is 11.6 Å². The molecule has 6 heteroatoms. The molecule has 0 aliphatic rings. The summed E-state index contributed by atoms with van der Waals surface area (Å²) in [4.78, 5) is 0. The van der Waals surface area contributed by atoms with Gasteiger partial charge in [-0.1, -0.05) is 11.6 Å². The number of aromatic nitrogens is 4. The predicted octanol–water partition coefficient (Wildman–Crippen LogP) is 0.855. The summed E-state index contributed by atoms with van der Waals surface area (Å²) in [6.45, 7) is 0. The molecule has 0 aliphatic heterocycles. The number of rotatable bonds is 2. The molecular weight excluding hydrogens is 214 g/mol. The summed E-state index contributed by atoms with van der Waals surface area (Å²) >= 11 is 6.01. The molecule has 2 N–H and O–H groups in total. The van der Waals surface area contributed by atoms with Crippen LogP contribution in [0.5, 0.6) is 0 Å². The fraction of sp³-hybridized carbons (Fsp3) is 0.333. The summed E-state index contributed by atoms with van der Waals surface area (Å²) in [5.41, 5.74) is 7.79. The standard InChI is InChI=1S/C9H12ClN5/c1-14-5-6(3-12-14)8(11)9-7(10)4-13-15(9)2/h3-5,8H,11H2,1-2H3. The smallest absolute Gasteiger partial charge is 0.0837 e. The van der Waals surface area contributed by atoms with Crippen molar-refractivity contribution in [1.29, 1.82) is 0 Å². The van der Waals surface area contributed by atoms with E-state index in [2.05, 4.69) is 10.2 Å². The summed E-state index contributed by atoms with van der Waals surface area (Å²) in [5.74, 6) is 0. The van der Waals surface area contributed by atoms with Gasteiger partial charge in [-0.05, 0) is 0 Å². The van der Waals surface area contributed by atoms with Gasteiger partial charge in [-0.3, -0.25) is 9.36 Å². The van der Waals surface area contributed by atoms with Crippen molar-refractivity contribution in [3.05, 3.63) is 34.9 Å². The van der Waals surface area contributed by atoms with E-state index >= 15 is 0 Å². The Balaban J connectivity index is 2.40. The van der Waals surface area contributed by atoms with Crippen LogP contribution in [0.15, 0.2) is 18.6 Å². The number of hydrogen-bond acceptors (Lipinski definition) is 3. The second kappa shape index (κ2) is 3.67. The third kappa shape index (κ3) is 1.75. The fourth-order valence-corrected chi connectivity index (χ4v) is 1.81. The zero-order valence-electron chi connectivity index (χ0n) is 8.55. The molecule has 15 heavy (non-hydrogen) atoms. The average Bonchev–Trinajstić information content (AvgIpc) is 2.73. The first-order valence-corrected chi connectivity index (χ1v) is 4.89. The minimum Gasteiger partial charge on any atom is -0.319 e. The van der Waals surface area contributed by atoms with Crippen LogP contribution in [-0.4, -0.2) is 19.6 Å². The Hall–Kier alpha value is -1.33. The first-order valence-electron chi connectivity index (χ1n) is 4.51. The molecule has 2 heterocycles. The second-order valence-electron chi connectivity index (χ2n) is 3.43. The van der Waals surface area contributed by atoms with Gasteiger partial charge in [-0.25, -0.2) is 0 Å². The van der Waals surface area contributed by atoms with E-state index in [1.54, 1.807) is 21.8 Å². The molecule has 0 aromatic carbocycles. The summed E-state index contributed by atoms with van der Waals surface area (Å²) in [6.07, 6.45) is 5.19. The number of hydrogen-bond donors (Lipinski definition) is 1. The average molecular weight is 226 g/mol. The molecule has 0 radical (unpaired) electrons. The van der Waals surface area contributed by atoms with Crippen LogP contribution in [0.2, 0.25) is 5.02 Å². The third-order valence-corrected chi connectivity index (χ3v) is 2.61. The predicted molar refractivity (Wildman–Crippen MR) is 57.5 cm³/mol. The molecule has 0 fully saturated rings. The van der Waals surface area contributed by atoms with Crippen molar-refractivity contribution in [3.63, 3.8) is 0 Å². The molecule has 1 unspecified atom stereocenters. The van der Waals surface area contributed by atoms with Crippen molar-refractivity contribution in [2.24, 2.45) is 19.8 Å². The number of aryl methyl sites for hydroxylation is 2. The Bertz CT molecular complexity index is 453. The number of nitrogens with zero attached hydrogens (tertiary/aromatic N) is 4. The summed E-state index contributed by atoms with van der Waals surface area (Å²) in [6, 6.07) is -0.293. The van der Waals surface area contributed by atoms with Crippen LogP contribution in [0.4, 0.5) is 0 Å². The Morgan fingerprint density at radius 2 is 2.07 bits per heavy atom. The molecule has 0 saturated carbocycles. The highest BCUT2D eigenvalue weighted by Gasteiger charge is 2.17. The van der Waals surface area contributed by atoms with Crippen LogP contribution in [-0.2, 0) is 14.1 Å². The van der Waals surface area contributed by atoms with Crippen LogP contribution in [0, 0.1) is 0 Å². The fourth-order valence-electron chi connectivity index (χ4n) is 1.53. The Kier molecular flexibility index (Phi) is 2.50. The zero-order chi connectivity index (χ0) is 11.0. The second-order valence-corrected chi connectivity index (χ2v) is 3.83. The van der Waals surface area contributed by atoms with E-state index < -0.39 is 0 Å². The number of halogens is 1. The normalized spacial score (nSPS) is 13.1. The Labute approximate surface area is 92.4 Å². The van der Waals surface area contributed by atoms with Gasteiger partial charge < -0.3 is 5.73 Å². The third-order valence-electron chi connectivity index (χ3n) is 2.32. The molecule has 5 nitrogen and oxygen atoms in total. The van der Waals surface area contributed by atoms with E-state index in [1.165, 1.54) is 0 Å². The molecule has 0 amide bonds. The minimum atomic E-state index is -0.293. The molecule has 2 aromatic heterocycles. The maximum Gasteiger partial charge on any atom is 0.0837 e.